The van der Waals surface area contributed by atoms with Crippen molar-refractivity contribution < 1.29 is 9.53 Å². The predicted molar refractivity (Wildman–Crippen MR) is 86.8 cm³/mol. The van der Waals surface area contributed by atoms with Crippen molar-refractivity contribution in [3.8, 4) is 5.75 Å². The Morgan fingerprint density at radius 1 is 1.10 bits per heavy atom. The van der Waals surface area contributed by atoms with Gasteiger partial charge in [0.2, 0.25) is 0 Å². The van der Waals surface area contributed by atoms with Crippen molar-refractivity contribution in [2.24, 2.45) is 0 Å². The quantitative estimate of drug-likeness (QED) is 0.850. The highest BCUT2D eigenvalue weighted by molar-refractivity contribution is 6.35. The molecule has 21 heavy (non-hydrogen) atoms. The van der Waals surface area contributed by atoms with Gasteiger partial charge in [0.05, 0.1) is 5.02 Å². The molecule has 110 valence electrons. The first kappa shape index (κ1) is 16.0. The second-order valence-electron chi connectivity index (χ2n) is 4.38. The molecule has 0 spiro atoms. The lowest BCUT2D eigenvalue weighted by Gasteiger charge is -2.11. The third kappa shape index (κ3) is 4.53. The number of benzene rings is 2. The molecule has 1 amide bonds. The van der Waals surface area contributed by atoms with Crippen molar-refractivity contribution in [3.63, 3.8) is 0 Å². The number of nitrogens with one attached hydrogen (secondary N) is 1. The minimum absolute atomic E-state index is 0.148. The minimum Gasteiger partial charge on any atom is -0.482 e. The highest BCUT2D eigenvalue weighted by atomic mass is 35.5. The standard InChI is InChI=1S/C15H12Cl3NO2/c1-9-6-11(17)7-13(18)15(9)21-8-14(20)19-12-4-2-10(16)3-5-12/h2-7H,8H2,1H3,(H,19,20). The molecule has 6 heteroatoms. The number of ether oxygens (including phenoxy) is 1. The van der Waals surface area contributed by atoms with Crippen molar-refractivity contribution in [2.45, 2.75) is 6.92 Å². The van der Waals surface area contributed by atoms with E-state index in [0.717, 1.165) is 5.56 Å². The molecule has 0 heterocycles. The Morgan fingerprint density at radius 2 is 1.76 bits per heavy atom. The van der Waals surface area contributed by atoms with Crippen LogP contribution in [0.25, 0.3) is 0 Å². The number of aryl methyl sites for hydroxylation is 1. The monoisotopic (exact) mass is 343 g/mol. The zero-order valence-electron chi connectivity index (χ0n) is 11.1. The molecule has 2 aromatic rings. The minimum atomic E-state index is -0.289. The van der Waals surface area contributed by atoms with Gasteiger partial charge in [-0.1, -0.05) is 34.8 Å². The van der Waals surface area contributed by atoms with Gasteiger partial charge < -0.3 is 10.1 Å². The largest absolute Gasteiger partial charge is 0.482 e. The lowest BCUT2D eigenvalue weighted by molar-refractivity contribution is -0.118. The number of carbonyl (C=O) groups is 1. The molecule has 3 nitrogen and oxygen atoms in total. The summed E-state index contributed by atoms with van der Waals surface area (Å²) in [5.74, 6) is 0.162. The highest BCUT2D eigenvalue weighted by Gasteiger charge is 2.10. The molecule has 0 aliphatic heterocycles. The van der Waals surface area contributed by atoms with Gasteiger partial charge in [-0.15, -0.1) is 0 Å². The summed E-state index contributed by atoms with van der Waals surface area (Å²) in [6.45, 7) is 1.66. The Hall–Kier alpha value is -1.42. The van der Waals surface area contributed by atoms with Crippen LogP contribution in [-0.2, 0) is 4.79 Å². The van der Waals surface area contributed by atoms with E-state index >= 15 is 0 Å². The van der Waals surface area contributed by atoms with E-state index in [9.17, 15) is 4.79 Å². The van der Waals surface area contributed by atoms with Crippen molar-refractivity contribution in [1.29, 1.82) is 0 Å². The average molecular weight is 345 g/mol. The fourth-order valence-electron chi connectivity index (χ4n) is 1.74. The first-order chi connectivity index (χ1) is 9.95. The van der Waals surface area contributed by atoms with E-state index in [1.54, 1.807) is 36.4 Å². The van der Waals surface area contributed by atoms with E-state index < -0.39 is 0 Å². The number of rotatable bonds is 4. The van der Waals surface area contributed by atoms with Crippen LogP contribution in [0.15, 0.2) is 36.4 Å². The number of hydrogen-bond donors (Lipinski definition) is 1. The summed E-state index contributed by atoms with van der Waals surface area (Å²) in [6.07, 6.45) is 0. The van der Waals surface area contributed by atoms with Crippen molar-refractivity contribution in [1.82, 2.24) is 0 Å². The molecule has 2 rings (SSSR count). The Bertz CT molecular complexity index is 633. The number of carbonyl (C=O) groups excluding carboxylic acids is 1. The zero-order chi connectivity index (χ0) is 15.4. The Morgan fingerprint density at radius 3 is 2.38 bits per heavy atom. The number of amides is 1. The summed E-state index contributed by atoms with van der Waals surface area (Å²) in [4.78, 5) is 11.8. The molecular weight excluding hydrogens is 333 g/mol. The Labute approximate surface area is 137 Å². The first-order valence-corrected chi connectivity index (χ1v) is 7.23. The van der Waals surface area contributed by atoms with Crippen LogP contribution < -0.4 is 10.1 Å². The molecular formula is C15H12Cl3NO2. The molecule has 2 aromatic carbocycles. The summed E-state index contributed by atoms with van der Waals surface area (Å²) in [6, 6.07) is 10.1. The van der Waals surface area contributed by atoms with E-state index in [-0.39, 0.29) is 12.5 Å². The molecule has 0 unspecified atom stereocenters. The van der Waals surface area contributed by atoms with Gasteiger partial charge in [0, 0.05) is 15.7 Å². The fourth-order valence-corrected chi connectivity index (χ4v) is 2.52. The SMILES string of the molecule is Cc1cc(Cl)cc(Cl)c1OCC(=O)Nc1ccc(Cl)cc1. The third-order valence-electron chi connectivity index (χ3n) is 2.67. The number of anilines is 1. The maximum atomic E-state index is 11.8. The van der Waals surface area contributed by atoms with Crippen LogP contribution in [0.2, 0.25) is 15.1 Å². The van der Waals surface area contributed by atoms with Crippen LogP contribution >= 0.6 is 34.8 Å². The molecule has 0 bridgehead atoms. The predicted octanol–water partition coefficient (Wildman–Crippen LogP) is 4.97. The van der Waals surface area contributed by atoms with E-state index in [2.05, 4.69) is 5.32 Å². The zero-order valence-corrected chi connectivity index (χ0v) is 13.4. The van der Waals surface area contributed by atoms with Gasteiger partial charge >= 0.3 is 0 Å². The number of hydrogen-bond acceptors (Lipinski definition) is 2. The van der Waals surface area contributed by atoms with E-state index in [1.807, 2.05) is 6.92 Å². The van der Waals surface area contributed by atoms with E-state index in [0.29, 0.717) is 26.5 Å². The van der Waals surface area contributed by atoms with Crippen LogP contribution in [0, 0.1) is 6.92 Å². The van der Waals surface area contributed by atoms with Crippen LogP contribution in [0.4, 0.5) is 5.69 Å². The molecule has 0 atom stereocenters. The molecule has 0 aliphatic rings. The Balaban J connectivity index is 1.97. The molecule has 0 aromatic heterocycles. The molecule has 1 N–H and O–H groups in total. The molecule has 0 aliphatic carbocycles. The van der Waals surface area contributed by atoms with Gasteiger partial charge in [-0.05, 0) is 48.9 Å². The third-order valence-corrected chi connectivity index (χ3v) is 3.42. The Kier molecular flexibility index (Phi) is 5.34. The van der Waals surface area contributed by atoms with Crippen molar-refractivity contribution in [3.05, 3.63) is 57.0 Å². The molecule has 0 saturated heterocycles. The van der Waals surface area contributed by atoms with Gasteiger partial charge in [-0.3, -0.25) is 4.79 Å². The van der Waals surface area contributed by atoms with Crippen LogP contribution in [-0.4, -0.2) is 12.5 Å². The maximum absolute atomic E-state index is 11.8. The van der Waals surface area contributed by atoms with Gasteiger partial charge in [-0.2, -0.15) is 0 Å². The summed E-state index contributed by atoms with van der Waals surface area (Å²) >= 11 is 17.7. The average Bonchev–Trinajstić information content (AvgIpc) is 2.40. The second kappa shape index (κ2) is 7.03. The second-order valence-corrected chi connectivity index (χ2v) is 5.66. The topological polar surface area (TPSA) is 38.3 Å². The first-order valence-electron chi connectivity index (χ1n) is 6.09. The van der Waals surface area contributed by atoms with Crippen molar-refractivity contribution >= 4 is 46.4 Å². The van der Waals surface area contributed by atoms with E-state index in [4.69, 9.17) is 39.5 Å². The summed E-state index contributed by atoms with van der Waals surface area (Å²) in [5.41, 5.74) is 1.42. The van der Waals surface area contributed by atoms with Crippen LogP contribution in [0.1, 0.15) is 5.56 Å². The fraction of sp³-hybridized carbons (Fsp3) is 0.133. The van der Waals surface area contributed by atoms with E-state index in [1.165, 1.54) is 0 Å². The smallest absolute Gasteiger partial charge is 0.262 e. The summed E-state index contributed by atoms with van der Waals surface area (Å²) < 4.78 is 5.45. The number of halogens is 3. The molecule has 0 saturated carbocycles. The molecule has 0 fully saturated rings. The lowest BCUT2D eigenvalue weighted by atomic mass is 10.2. The normalized spacial score (nSPS) is 10.3. The van der Waals surface area contributed by atoms with Crippen LogP contribution in [0.3, 0.4) is 0 Å². The van der Waals surface area contributed by atoms with Gasteiger partial charge in [0.15, 0.2) is 6.61 Å². The van der Waals surface area contributed by atoms with Crippen molar-refractivity contribution in [2.75, 3.05) is 11.9 Å². The van der Waals surface area contributed by atoms with Gasteiger partial charge in [-0.25, -0.2) is 0 Å². The lowest BCUT2D eigenvalue weighted by Crippen LogP contribution is -2.20. The highest BCUT2D eigenvalue weighted by Crippen LogP contribution is 2.31. The molecule has 0 radical (unpaired) electrons. The summed E-state index contributed by atoms with van der Waals surface area (Å²) in [7, 11) is 0. The maximum Gasteiger partial charge on any atom is 0.262 e. The van der Waals surface area contributed by atoms with Gasteiger partial charge in [0.1, 0.15) is 5.75 Å². The summed E-state index contributed by atoms with van der Waals surface area (Å²) in [5, 5.41) is 4.20. The van der Waals surface area contributed by atoms with Crippen LogP contribution in [0.5, 0.6) is 5.75 Å². The van der Waals surface area contributed by atoms with Gasteiger partial charge in [0.25, 0.3) is 5.91 Å².